The second-order valence-corrected chi connectivity index (χ2v) is 11.9. The van der Waals surface area contributed by atoms with Crippen LogP contribution in [0.5, 0.6) is 0 Å². The van der Waals surface area contributed by atoms with E-state index >= 15 is 0 Å². The van der Waals surface area contributed by atoms with E-state index in [1.807, 2.05) is 0 Å². The van der Waals surface area contributed by atoms with Gasteiger partial charge in [-0.05, 0) is 0 Å². The number of nitrogens with one attached hydrogen (secondary N) is 1. The first-order chi connectivity index (χ1) is 22.7. The lowest BCUT2D eigenvalue weighted by atomic mass is 9.95. The largest absolute Gasteiger partial charge is 0.394 e. The maximum Gasteiger partial charge on any atom is 0.217 e. The molecule has 0 aromatic heterocycles. The van der Waals surface area contributed by atoms with Crippen molar-refractivity contribution in [1.82, 2.24) is 5.32 Å². The molecule has 280 valence electrons. The van der Waals surface area contributed by atoms with Crippen LogP contribution in [0.1, 0.15) is 6.92 Å². The van der Waals surface area contributed by atoms with Crippen LogP contribution in [0.2, 0.25) is 0 Å². The summed E-state index contributed by atoms with van der Waals surface area (Å²) in [4.78, 5) is 11.8. The average molecular weight is 708 g/mol. The minimum atomic E-state index is -2.06. The van der Waals surface area contributed by atoms with E-state index < -0.39 is 155 Å². The predicted octanol–water partition coefficient (Wildman–Crippen LogP) is -9.61. The molecule has 4 aliphatic heterocycles. The van der Waals surface area contributed by atoms with Gasteiger partial charge in [0.1, 0.15) is 97.6 Å². The summed E-state index contributed by atoms with van der Waals surface area (Å²) in [5.41, 5.74) is 0. The molecule has 22 heteroatoms. The Morgan fingerprint density at radius 1 is 0.500 bits per heavy atom. The molecule has 22 nitrogen and oxygen atoms in total. The van der Waals surface area contributed by atoms with Crippen molar-refractivity contribution >= 4 is 5.91 Å². The van der Waals surface area contributed by atoms with E-state index in [9.17, 15) is 71.2 Å². The molecule has 1 amide bonds. The lowest BCUT2D eigenvalue weighted by Crippen LogP contribution is -2.69. The second-order valence-electron chi connectivity index (χ2n) is 11.9. The van der Waals surface area contributed by atoms with Crippen molar-refractivity contribution in [3.8, 4) is 0 Å². The van der Waals surface area contributed by atoms with Crippen molar-refractivity contribution in [1.29, 1.82) is 0 Å². The monoisotopic (exact) mass is 707 g/mol. The van der Waals surface area contributed by atoms with Crippen LogP contribution in [0.25, 0.3) is 0 Å². The summed E-state index contributed by atoms with van der Waals surface area (Å²) < 4.78 is 38.4. The number of aliphatic hydroxyl groups is 13. The summed E-state index contributed by atoms with van der Waals surface area (Å²) in [6.45, 7) is -2.38. The molecule has 14 N–H and O–H groups in total. The molecule has 4 aliphatic rings. The summed E-state index contributed by atoms with van der Waals surface area (Å²) in [5, 5.41) is 137. The molecule has 20 atom stereocenters. The highest BCUT2D eigenvalue weighted by atomic mass is 16.8. The molecular weight excluding hydrogens is 662 g/mol. The van der Waals surface area contributed by atoms with Gasteiger partial charge in [-0.2, -0.15) is 0 Å². The molecule has 0 aliphatic carbocycles. The van der Waals surface area contributed by atoms with Crippen LogP contribution < -0.4 is 5.32 Å². The number of carbonyl (C=O) groups excluding carboxylic acids is 1. The summed E-state index contributed by atoms with van der Waals surface area (Å²) in [7, 11) is 0. The maximum atomic E-state index is 11.8. The Kier molecular flexibility index (Phi) is 13.8. The Hall–Kier alpha value is -1.33. The smallest absolute Gasteiger partial charge is 0.217 e. The highest BCUT2D eigenvalue weighted by Gasteiger charge is 2.55. The molecule has 0 bridgehead atoms. The van der Waals surface area contributed by atoms with Crippen LogP contribution >= 0.6 is 0 Å². The molecule has 4 heterocycles. The van der Waals surface area contributed by atoms with Gasteiger partial charge in [-0.1, -0.05) is 0 Å². The Morgan fingerprint density at radius 3 is 1.38 bits per heavy atom. The summed E-state index contributed by atoms with van der Waals surface area (Å²) >= 11 is 0. The lowest BCUT2D eigenvalue weighted by molar-refractivity contribution is -0.386. The first kappa shape index (κ1) is 39.5. The van der Waals surface area contributed by atoms with Gasteiger partial charge < -0.3 is 105 Å². The topological polar surface area (TPSA) is 357 Å². The zero-order valence-electron chi connectivity index (χ0n) is 25.5. The summed E-state index contributed by atoms with van der Waals surface area (Å²) in [6, 6.07) is -1.50. The van der Waals surface area contributed by atoms with Crippen molar-refractivity contribution in [2.24, 2.45) is 0 Å². The van der Waals surface area contributed by atoms with E-state index in [0.29, 0.717) is 0 Å². The van der Waals surface area contributed by atoms with Crippen LogP contribution in [0.3, 0.4) is 0 Å². The Labute approximate surface area is 272 Å². The van der Waals surface area contributed by atoms with Gasteiger partial charge >= 0.3 is 0 Å². The third-order valence-corrected chi connectivity index (χ3v) is 8.61. The third-order valence-electron chi connectivity index (χ3n) is 8.61. The number of aliphatic hydroxyl groups excluding tert-OH is 13. The number of rotatable bonds is 11. The van der Waals surface area contributed by atoms with Crippen molar-refractivity contribution in [2.75, 3.05) is 26.4 Å². The number of hydrogen-bond donors (Lipinski definition) is 14. The fraction of sp³-hybridized carbons (Fsp3) is 0.962. The molecule has 48 heavy (non-hydrogen) atoms. The molecular formula is C26H45NO21. The molecule has 4 saturated heterocycles. The minimum Gasteiger partial charge on any atom is -0.394 e. The molecule has 0 spiro atoms. The zero-order chi connectivity index (χ0) is 35.6. The van der Waals surface area contributed by atoms with E-state index in [0.717, 1.165) is 6.92 Å². The SMILES string of the molecule is CC(=O)N[C@H]1[C@H](O[C@H]2[C@@H](O)[C@@H](CO)O[C@H](O[C@H]3[C@@H](O)[C@@H](CO)O[C@@H](O[C@H]4[C@H](O)[C@@H](O)[C@H](O)O[C@@H]4CO)[C@@H]3O)[C@@H]2O)O[C@H](CO)[C@H](O)[C@@H]1O. The van der Waals surface area contributed by atoms with E-state index in [2.05, 4.69) is 5.32 Å². The Balaban J connectivity index is 1.56. The van der Waals surface area contributed by atoms with E-state index in [-0.39, 0.29) is 0 Å². The van der Waals surface area contributed by atoms with E-state index in [1.54, 1.807) is 0 Å². The van der Waals surface area contributed by atoms with Gasteiger partial charge in [-0.3, -0.25) is 4.79 Å². The van der Waals surface area contributed by atoms with Crippen molar-refractivity contribution < 1.29 is 104 Å². The number of amides is 1. The number of carbonyl (C=O) groups is 1. The number of hydrogen-bond acceptors (Lipinski definition) is 21. The van der Waals surface area contributed by atoms with Crippen molar-refractivity contribution in [2.45, 2.75) is 130 Å². The van der Waals surface area contributed by atoms with Gasteiger partial charge in [0.25, 0.3) is 0 Å². The lowest BCUT2D eigenvalue weighted by Gasteiger charge is -2.49. The third kappa shape index (κ3) is 8.08. The first-order valence-electron chi connectivity index (χ1n) is 15.1. The fourth-order valence-electron chi connectivity index (χ4n) is 5.94. The first-order valence-corrected chi connectivity index (χ1v) is 15.1. The minimum absolute atomic E-state index is 0.700. The van der Waals surface area contributed by atoms with Crippen molar-refractivity contribution in [3.63, 3.8) is 0 Å². The van der Waals surface area contributed by atoms with Gasteiger partial charge in [0.15, 0.2) is 25.2 Å². The normalized spacial score (nSPS) is 50.2. The Bertz CT molecular complexity index is 1030. The van der Waals surface area contributed by atoms with Crippen LogP contribution in [0.15, 0.2) is 0 Å². The Morgan fingerprint density at radius 2 is 0.917 bits per heavy atom. The standard InChI is InChI=1S/C26H45NO21/c1-6(32)27-11-15(36)12(33)7(2-28)43-24(11)47-21-13(34)8(3-29)45-26(18(21)39)48-22-14(35)9(4-30)44-25(19(22)40)46-20-10(5-31)42-23(41)17(38)16(20)37/h7-26,28-31,33-41H,2-5H2,1H3,(H,27,32)/t7-,8-,9-,10-,11-,12+,13+,14+,15-,16-,17-,18-,19-,20-,21+,22+,23-,24+,25+,26-/m1/s1. The van der Waals surface area contributed by atoms with E-state index in [1.165, 1.54) is 0 Å². The van der Waals surface area contributed by atoms with Gasteiger partial charge in [0, 0.05) is 6.92 Å². The quantitative estimate of drug-likeness (QED) is 0.0947. The van der Waals surface area contributed by atoms with Gasteiger partial charge in [-0.25, -0.2) is 0 Å². The second kappa shape index (κ2) is 16.8. The fourth-order valence-corrected chi connectivity index (χ4v) is 5.94. The van der Waals surface area contributed by atoms with E-state index in [4.69, 9.17) is 33.2 Å². The zero-order valence-corrected chi connectivity index (χ0v) is 25.5. The van der Waals surface area contributed by atoms with Gasteiger partial charge in [-0.15, -0.1) is 0 Å². The maximum absolute atomic E-state index is 11.8. The van der Waals surface area contributed by atoms with Gasteiger partial charge in [0.05, 0.1) is 26.4 Å². The highest BCUT2D eigenvalue weighted by molar-refractivity contribution is 5.73. The number of ether oxygens (including phenoxy) is 7. The predicted molar refractivity (Wildman–Crippen MR) is 145 cm³/mol. The van der Waals surface area contributed by atoms with Crippen LogP contribution in [-0.2, 0) is 38.0 Å². The van der Waals surface area contributed by atoms with Crippen LogP contribution in [0, 0.1) is 0 Å². The molecule has 0 unspecified atom stereocenters. The average Bonchev–Trinajstić information content (AvgIpc) is 3.06. The van der Waals surface area contributed by atoms with Gasteiger partial charge in [0.2, 0.25) is 5.91 Å². The summed E-state index contributed by atoms with van der Waals surface area (Å²) in [6.07, 6.45) is -33.9. The molecule has 0 radical (unpaired) electrons. The summed E-state index contributed by atoms with van der Waals surface area (Å²) in [5.74, 6) is -0.700. The molecule has 4 fully saturated rings. The molecule has 0 aromatic carbocycles. The van der Waals surface area contributed by atoms with Crippen LogP contribution in [-0.4, -0.2) is 221 Å². The molecule has 0 aromatic rings. The van der Waals surface area contributed by atoms with Crippen molar-refractivity contribution in [3.05, 3.63) is 0 Å². The molecule has 0 saturated carbocycles. The van der Waals surface area contributed by atoms with Crippen LogP contribution in [0.4, 0.5) is 0 Å². The highest BCUT2D eigenvalue weighted by Crippen LogP contribution is 2.34. The molecule has 4 rings (SSSR count).